The van der Waals surface area contributed by atoms with Gasteiger partial charge in [-0.3, -0.25) is 10.2 Å². The van der Waals surface area contributed by atoms with E-state index in [-0.39, 0.29) is 22.8 Å². The van der Waals surface area contributed by atoms with Gasteiger partial charge >= 0.3 is 0 Å². The Morgan fingerprint density at radius 2 is 1.04 bits per heavy atom. The molecule has 0 aliphatic carbocycles. The van der Waals surface area contributed by atoms with Crippen molar-refractivity contribution in [3.63, 3.8) is 0 Å². The van der Waals surface area contributed by atoms with Crippen molar-refractivity contribution in [3.8, 4) is 46.3 Å². The van der Waals surface area contributed by atoms with Crippen molar-refractivity contribution in [1.82, 2.24) is 69.2 Å². The topological polar surface area (TPSA) is 250 Å². The van der Waals surface area contributed by atoms with Gasteiger partial charge in [0, 0.05) is 23.5 Å². The molecule has 0 spiro atoms. The van der Waals surface area contributed by atoms with Crippen LogP contribution in [0.15, 0.2) is 106 Å². The maximum atomic E-state index is 9.79. The van der Waals surface area contributed by atoms with Gasteiger partial charge in [0.05, 0.1) is 12.4 Å². The molecule has 1 aromatic carbocycles. The molecule has 0 amide bonds. The molecular formula is C34H22N20. The van der Waals surface area contributed by atoms with Gasteiger partial charge in [0.1, 0.15) is 46.3 Å². The van der Waals surface area contributed by atoms with E-state index < -0.39 is 0 Å². The third-order valence-electron chi connectivity index (χ3n) is 8.36. The number of hydrogen-bond donors (Lipinski definition) is 2. The fourth-order valence-corrected chi connectivity index (χ4v) is 5.74. The van der Waals surface area contributed by atoms with Gasteiger partial charge in [0.2, 0.25) is 0 Å². The van der Waals surface area contributed by atoms with Crippen molar-refractivity contribution in [3.05, 3.63) is 108 Å². The molecule has 258 valence electrons. The van der Waals surface area contributed by atoms with Crippen molar-refractivity contribution in [1.29, 1.82) is 10.5 Å². The minimum atomic E-state index is 0.208. The molecule has 9 rings (SSSR count). The van der Waals surface area contributed by atoms with Crippen molar-refractivity contribution in [2.45, 2.75) is 13.8 Å². The van der Waals surface area contributed by atoms with Crippen LogP contribution in [0.1, 0.15) is 22.8 Å². The second kappa shape index (κ2) is 12.7. The van der Waals surface area contributed by atoms with Gasteiger partial charge < -0.3 is 0 Å². The fourth-order valence-electron chi connectivity index (χ4n) is 5.74. The second-order valence-electron chi connectivity index (χ2n) is 11.6. The highest BCUT2D eigenvalue weighted by atomic mass is 15.4. The van der Waals surface area contributed by atoms with Crippen LogP contribution in [-0.2, 0) is 0 Å². The third kappa shape index (κ3) is 5.15. The number of aryl methyl sites for hydroxylation is 2. The summed E-state index contributed by atoms with van der Waals surface area (Å²) in [6.07, 6.45) is 6.07. The number of H-pyrrole nitrogens is 2. The number of pyridine rings is 2. The smallest absolute Gasteiger partial charge is 0.197 e. The zero-order valence-corrected chi connectivity index (χ0v) is 28.1. The van der Waals surface area contributed by atoms with Gasteiger partial charge in [0.25, 0.3) is 0 Å². The monoisotopic (exact) mass is 710 g/mol. The average molecular weight is 711 g/mol. The summed E-state index contributed by atoms with van der Waals surface area (Å²) in [5.41, 5.74) is 4.69. The van der Waals surface area contributed by atoms with Crippen LogP contribution in [0.3, 0.4) is 0 Å². The Kier molecular flexibility index (Phi) is 7.38. The first-order valence-corrected chi connectivity index (χ1v) is 16.1. The highest BCUT2D eigenvalue weighted by Gasteiger charge is 2.22. The Morgan fingerprint density at radius 1 is 0.593 bits per heavy atom. The fraction of sp³-hybridized carbons (Fsp3) is 0.0588. The molecule has 0 bridgehead atoms. The Bertz CT molecular complexity index is 2770. The van der Waals surface area contributed by atoms with E-state index in [0.29, 0.717) is 68.5 Å². The number of aromatic amines is 2. The Morgan fingerprint density at radius 3 is 1.43 bits per heavy atom. The number of rotatable bonds is 8. The van der Waals surface area contributed by atoms with Gasteiger partial charge in [-0.15, -0.1) is 20.5 Å². The standard InChI is InChI=1S/C34H22N20/c1-19-41-47-33-29(43-45-31-23(15-35)17-39-53(31)25-7-3-5-13-37-25)27(49-51(19)33)21-9-11-22(12-10-21)28-30(34-48-42-20(2)52(34)50-28)44-46-32-24(16-36)18-40-54(32)26-8-4-6-14-38-26/h3-14,17-18,47-48H,1-2H3/b45-43+,46-44+. The van der Waals surface area contributed by atoms with Crippen molar-refractivity contribution < 1.29 is 0 Å². The summed E-state index contributed by atoms with van der Waals surface area (Å²) >= 11 is 0. The maximum Gasteiger partial charge on any atom is 0.197 e. The second-order valence-corrected chi connectivity index (χ2v) is 11.6. The van der Waals surface area contributed by atoms with Crippen LogP contribution in [0.4, 0.5) is 23.0 Å². The van der Waals surface area contributed by atoms with E-state index in [0.717, 1.165) is 0 Å². The molecule has 0 saturated carbocycles. The number of fused-ring (bicyclic) bond motifs is 2. The molecule has 0 atom stereocenters. The Balaban J connectivity index is 1.11. The van der Waals surface area contributed by atoms with Crippen LogP contribution in [0.25, 0.3) is 45.4 Å². The molecule has 0 unspecified atom stereocenters. The van der Waals surface area contributed by atoms with E-state index in [1.54, 1.807) is 45.7 Å². The first-order chi connectivity index (χ1) is 26.5. The summed E-state index contributed by atoms with van der Waals surface area (Å²) < 4.78 is 6.16. The van der Waals surface area contributed by atoms with E-state index in [2.05, 4.69) is 73.2 Å². The molecular weight excluding hydrogens is 689 g/mol. The van der Waals surface area contributed by atoms with Gasteiger partial charge in [0.15, 0.2) is 45.9 Å². The molecule has 9 aromatic rings. The SMILES string of the molecule is Cc1n[nH]c2c(/N=N/c3c(C#N)cnn3-c3ccccn3)c(-c3ccc(-c4nn5c(C)n[nH]c5c4/N=N/c4c(C#N)cnn4-c4ccccn4)cc3)nn12. The summed E-state index contributed by atoms with van der Waals surface area (Å²) in [6.45, 7) is 3.62. The van der Waals surface area contributed by atoms with E-state index in [9.17, 15) is 10.5 Å². The minimum Gasteiger partial charge on any atom is -0.258 e. The predicted molar refractivity (Wildman–Crippen MR) is 189 cm³/mol. The molecule has 8 heterocycles. The molecule has 0 fully saturated rings. The predicted octanol–water partition coefficient (Wildman–Crippen LogP) is 6.11. The van der Waals surface area contributed by atoms with E-state index in [4.69, 9.17) is 10.2 Å². The lowest BCUT2D eigenvalue weighted by atomic mass is 10.1. The highest BCUT2D eigenvalue weighted by molar-refractivity contribution is 5.86. The quantitative estimate of drug-likeness (QED) is 0.171. The lowest BCUT2D eigenvalue weighted by Gasteiger charge is -2.04. The van der Waals surface area contributed by atoms with E-state index >= 15 is 0 Å². The first-order valence-electron chi connectivity index (χ1n) is 16.1. The molecule has 54 heavy (non-hydrogen) atoms. The van der Waals surface area contributed by atoms with Crippen LogP contribution >= 0.6 is 0 Å². The van der Waals surface area contributed by atoms with E-state index in [1.165, 1.54) is 21.8 Å². The molecule has 2 N–H and O–H groups in total. The first kappa shape index (κ1) is 31.5. The van der Waals surface area contributed by atoms with Gasteiger partial charge in [-0.25, -0.2) is 9.97 Å². The van der Waals surface area contributed by atoms with E-state index in [1.807, 2.05) is 50.2 Å². The number of nitriles is 2. The minimum absolute atomic E-state index is 0.208. The zero-order chi connectivity index (χ0) is 36.8. The van der Waals surface area contributed by atoms with Crippen molar-refractivity contribution in [2.75, 3.05) is 0 Å². The number of azo groups is 2. The van der Waals surface area contributed by atoms with Gasteiger partial charge in [-0.1, -0.05) is 36.4 Å². The number of nitrogens with one attached hydrogen (secondary N) is 2. The number of benzene rings is 1. The summed E-state index contributed by atoms with van der Waals surface area (Å²) in [6, 6.07) is 22.4. The van der Waals surface area contributed by atoms with Crippen LogP contribution in [0.2, 0.25) is 0 Å². The van der Waals surface area contributed by atoms with Gasteiger partial charge in [-0.2, -0.15) is 59.5 Å². The summed E-state index contributed by atoms with van der Waals surface area (Å²) in [5.74, 6) is 2.59. The number of hydrogen-bond acceptors (Lipinski definition) is 14. The number of nitrogens with zero attached hydrogens (tertiary/aromatic N) is 18. The van der Waals surface area contributed by atoms with Crippen molar-refractivity contribution >= 4 is 34.3 Å². The number of aromatic nitrogens is 14. The van der Waals surface area contributed by atoms with Crippen LogP contribution < -0.4 is 0 Å². The zero-order valence-electron chi connectivity index (χ0n) is 28.1. The maximum absolute atomic E-state index is 9.79. The molecule has 20 heteroatoms. The Labute approximate surface area is 302 Å². The van der Waals surface area contributed by atoms with Crippen LogP contribution in [0, 0.1) is 36.5 Å². The summed E-state index contributed by atoms with van der Waals surface area (Å²) in [4.78, 5) is 8.67. The molecule has 0 saturated heterocycles. The lowest BCUT2D eigenvalue weighted by Crippen LogP contribution is -1.97. The van der Waals surface area contributed by atoms with Crippen LogP contribution in [0.5, 0.6) is 0 Å². The Hall–Kier alpha value is -8.52. The molecule has 0 aliphatic rings. The van der Waals surface area contributed by atoms with Crippen molar-refractivity contribution in [2.24, 2.45) is 20.5 Å². The van der Waals surface area contributed by atoms with Crippen LogP contribution in [-0.4, -0.2) is 69.2 Å². The molecule has 8 aromatic heterocycles. The van der Waals surface area contributed by atoms with Gasteiger partial charge in [-0.05, 0) is 38.1 Å². The summed E-state index contributed by atoms with van der Waals surface area (Å²) in [7, 11) is 0. The average Bonchev–Trinajstić information content (AvgIpc) is 4.07. The molecule has 0 radical (unpaired) electrons. The normalized spacial score (nSPS) is 11.7. The summed E-state index contributed by atoms with van der Waals surface area (Å²) in [5, 5.41) is 70.4. The third-order valence-corrected chi connectivity index (χ3v) is 8.36. The molecule has 0 aliphatic heterocycles. The molecule has 20 nitrogen and oxygen atoms in total. The largest absolute Gasteiger partial charge is 0.258 e. The highest BCUT2D eigenvalue weighted by Crippen LogP contribution is 2.39. The lowest BCUT2D eigenvalue weighted by molar-refractivity contribution is 0.839.